The molecule has 0 radical (unpaired) electrons. The fourth-order valence-electron chi connectivity index (χ4n) is 2.34. The standard InChI is InChI=1S/C17H20ClFN2/c1-11-8-17(14(12(2)20)9-16(11)19)21(3)10-13-6-4-5-7-15(13)18/h4-9,12H,10,20H2,1-3H3/t12-/m1/s1. The predicted molar refractivity (Wildman–Crippen MR) is 87.3 cm³/mol. The zero-order valence-corrected chi connectivity index (χ0v) is 13.3. The van der Waals surface area contributed by atoms with Crippen molar-refractivity contribution < 1.29 is 4.39 Å². The van der Waals surface area contributed by atoms with Crippen LogP contribution in [0, 0.1) is 12.7 Å². The normalized spacial score (nSPS) is 12.3. The number of hydrogen-bond acceptors (Lipinski definition) is 2. The van der Waals surface area contributed by atoms with Gasteiger partial charge in [-0.2, -0.15) is 0 Å². The molecule has 2 N–H and O–H groups in total. The predicted octanol–water partition coefficient (Wildman–Crippen LogP) is 4.44. The van der Waals surface area contributed by atoms with E-state index in [0.717, 1.165) is 21.8 Å². The average Bonchev–Trinajstić information content (AvgIpc) is 2.43. The molecule has 21 heavy (non-hydrogen) atoms. The van der Waals surface area contributed by atoms with Gasteiger partial charge in [-0.05, 0) is 48.7 Å². The molecule has 2 rings (SSSR count). The van der Waals surface area contributed by atoms with Crippen molar-refractivity contribution in [3.63, 3.8) is 0 Å². The highest BCUT2D eigenvalue weighted by molar-refractivity contribution is 6.31. The second kappa shape index (κ2) is 6.46. The van der Waals surface area contributed by atoms with Gasteiger partial charge in [0.05, 0.1) is 0 Å². The van der Waals surface area contributed by atoms with Gasteiger partial charge >= 0.3 is 0 Å². The van der Waals surface area contributed by atoms with Crippen LogP contribution in [0.4, 0.5) is 10.1 Å². The fraction of sp³-hybridized carbons (Fsp3) is 0.294. The van der Waals surface area contributed by atoms with Gasteiger partial charge in [0.15, 0.2) is 0 Å². The SMILES string of the molecule is Cc1cc(N(C)Cc2ccccc2Cl)c([C@@H](C)N)cc1F. The van der Waals surface area contributed by atoms with Gasteiger partial charge < -0.3 is 10.6 Å². The highest BCUT2D eigenvalue weighted by Crippen LogP contribution is 2.29. The van der Waals surface area contributed by atoms with Crippen LogP contribution in [0.15, 0.2) is 36.4 Å². The summed E-state index contributed by atoms with van der Waals surface area (Å²) in [5, 5.41) is 0.727. The molecule has 0 unspecified atom stereocenters. The molecule has 0 fully saturated rings. The van der Waals surface area contributed by atoms with Gasteiger partial charge in [0.2, 0.25) is 0 Å². The number of anilines is 1. The van der Waals surface area contributed by atoms with E-state index < -0.39 is 0 Å². The number of halogens is 2. The molecular formula is C17H20ClFN2. The number of nitrogens with zero attached hydrogens (tertiary/aromatic N) is 1. The Balaban J connectivity index is 2.37. The third-order valence-electron chi connectivity index (χ3n) is 3.58. The van der Waals surface area contributed by atoms with Crippen molar-refractivity contribution in [2.45, 2.75) is 26.4 Å². The van der Waals surface area contributed by atoms with E-state index in [-0.39, 0.29) is 11.9 Å². The van der Waals surface area contributed by atoms with Gasteiger partial charge in [-0.3, -0.25) is 0 Å². The first-order chi connectivity index (χ1) is 9.90. The Kier molecular flexibility index (Phi) is 4.86. The van der Waals surface area contributed by atoms with Crippen molar-refractivity contribution >= 4 is 17.3 Å². The molecule has 0 aliphatic heterocycles. The lowest BCUT2D eigenvalue weighted by Gasteiger charge is -2.25. The van der Waals surface area contributed by atoms with E-state index in [2.05, 4.69) is 0 Å². The molecule has 0 aliphatic rings. The van der Waals surface area contributed by atoms with E-state index >= 15 is 0 Å². The van der Waals surface area contributed by atoms with Crippen molar-refractivity contribution in [3.05, 3.63) is 63.9 Å². The Bertz CT molecular complexity index is 641. The summed E-state index contributed by atoms with van der Waals surface area (Å²) in [5.41, 5.74) is 9.35. The molecule has 2 aromatic carbocycles. The van der Waals surface area contributed by atoms with E-state index in [1.807, 2.05) is 49.2 Å². The molecule has 2 nitrogen and oxygen atoms in total. The van der Waals surface area contributed by atoms with E-state index in [1.54, 1.807) is 6.92 Å². The largest absolute Gasteiger partial charge is 0.370 e. The third-order valence-corrected chi connectivity index (χ3v) is 3.94. The molecule has 0 bridgehead atoms. The van der Waals surface area contributed by atoms with Gasteiger partial charge in [-0.25, -0.2) is 4.39 Å². The third kappa shape index (κ3) is 3.55. The second-order valence-electron chi connectivity index (χ2n) is 5.40. The summed E-state index contributed by atoms with van der Waals surface area (Å²) in [5.74, 6) is -0.225. The minimum absolute atomic E-state index is 0.225. The summed E-state index contributed by atoms with van der Waals surface area (Å²) in [4.78, 5) is 2.05. The van der Waals surface area contributed by atoms with Gasteiger partial charge in [-0.1, -0.05) is 29.8 Å². The zero-order valence-electron chi connectivity index (χ0n) is 12.5. The number of hydrogen-bond donors (Lipinski definition) is 1. The van der Waals surface area contributed by atoms with Crippen LogP contribution in [0.1, 0.15) is 29.7 Å². The Morgan fingerprint density at radius 2 is 1.95 bits per heavy atom. The van der Waals surface area contributed by atoms with Crippen LogP contribution in [0.25, 0.3) is 0 Å². The molecule has 0 aliphatic carbocycles. The molecular weight excluding hydrogens is 287 g/mol. The maximum atomic E-state index is 13.8. The van der Waals surface area contributed by atoms with E-state index in [4.69, 9.17) is 17.3 Å². The molecule has 0 heterocycles. The van der Waals surface area contributed by atoms with Crippen LogP contribution in [-0.4, -0.2) is 7.05 Å². The number of aryl methyl sites for hydroxylation is 1. The van der Waals surface area contributed by atoms with Crippen molar-refractivity contribution in [1.29, 1.82) is 0 Å². The monoisotopic (exact) mass is 306 g/mol. The smallest absolute Gasteiger partial charge is 0.126 e. The van der Waals surface area contributed by atoms with Crippen LogP contribution in [-0.2, 0) is 6.54 Å². The molecule has 112 valence electrons. The van der Waals surface area contributed by atoms with Crippen LogP contribution < -0.4 is 10.6 Å². The van der Waals surface area contributed by atoms with Gasteiger partial charge in [-0.15, -0.1) is 0 Å². The summed E-state index contributed by atoms with van der Waals surface area (Å²) in [7, 11) is 1.96. The second-order valence-corrected chi connectivity index (χ2v) is 5.80. The maximum absolute atomic E-state index is 13.8. The highest BCUT2D eigenvalue weighted by Gasteiger charge is 2.15. The minimum atomic E-state index is -0.233. The lowest BCUT2D eigenvalue weighted by molar-refractivity contribution is 0.612. The van der Waals surface area contributed by atoms with Gasteiger partial charge in [0.1, 0.15) is 5.82 Å². The van der Waals surface area contributed by atoms with Crippen LogP contribution in [0.5, 0.6) is 0 Å². The first-order valence-corrected chi connectivity index (χ1v) is 7.28. The molecule has 0 spiro atoms. The topological polar surface area (TPSA) is 29.3 Å². The average molecular weight is 307 g/mol. The van der Waals surface area contributed by atoms with Gasteiger partial charge in [0, 0.05) is 30.3 Å². The first-order valence-electron chi connectivity index (χ1n) is 6.90. The molecule has 0 aromatic heterocycles. The van der Waals surface area contributed by atoms with Crippen LogP contribution >= 0.6 is 11.6 Å². The Hall–Kier alpha value is -1.58. The maximum Gasteiger partial charge on any atom is 0.126 e. The van der Waals surface area contributed by atoms with E-state index in [0.29, 0.717) is 12.1 Å². The summed E-state index contributed by atoms with van der Waals surface area (Å²) < 4.78 is 13.8. The minimum Gasteiger partial charge on any atom is -0.370 e. The molecule has 0 amide bonds. The molecule has 4 heteroatoms. The van der Waals surface area contributed by atoms with Crippen molar-refractivity contribution in [3.8, 4) is 0 Å². The van der Waals surface area contributed by atoms with E-state index in [9.17, 15) is 4.39 Å². The Morgan fingerprint density at radius 1 is 1.29 bits per heavy atom. The summed E-state index contributed by atoms with van der Waals surface area (Å²) in [6.45, 7) is 4.26. The Morgan fingerprint density at radius 3 is 2.57 bits per heavy atom. The summed E-state index contributed by atoms with van der Waals surface area (Å²) in [6.07, 6.45) is 0. The summed E-state index contributed by atoms with van der Waals surface area (Å²) >= 11 is 6.20. The van der Waals surface area contributed by atoms with Gasteiger partial charge in [0.25, 0.3) is 0 Å². The van der Waals surface area contributed by atoms with E-state index in [1.165, 1.54) is 6.07 Å². The van der Waals surface area contributed by atoms with Crippen molar-refractivity contribution in [2.75, 3.05) is 11.9 Å². The lowest BCUT2D eigenvalue weighted by Crippen LogP contribution is -2.21. The first kappa shape index (κ1) is 15.8. The van der Waals surface area contributed by atoms with Crippen LogP contribution in [0.2, 0.25) is 5.02 Å². The molecule has 1 atom stereocenters. The molecule has 0 saturated carbocycles. The Labute approximate surface area is 130 Å². The van der Waals surface area contributed by atoms with Crippen molar-refractivity contribution in [2.24, 2.45) is 5.73 Å². The number of rotatable bonds is 4. The quantitative estimate of drug-likeness (QED) is 0.904. The molecule has 0 saturated heterocycles. The number of nitrogens with two attached hydrogens (primary N) is 1. The van der Waals surface area contributed by atoms with Crippen molar-refractivity contribution in [1.82, 2.24) is 0 Å². The molecule has 2 aromatic rings. The highest BCUT2D eigenvalue weighted by atomic mass is 35.5. The number of benzene rings is 2. The zero-order chi connectivity index (χ0) is 15.6. The lowest BCUT2D eigenvalue weighted by atomic mass is 10.0. The summed E-state index contributed by atoms with van der Waals surface area (Å²) in [6, 6.07) is 10.8. The van der Waals surface area contributed by atoms with Crippen LogP contribution in [0.3, 0.4) is 0 Å². The fourth-order valence-corrected chi connectivity index (χ4v) is 2.54.